The molecule has 2 rings (SSSR count). The molecule has 112 valence electrons. The molecule has 3 nitrogen and oxygen atoms in total. The quantitative estimate of drug-likeness (QED) is 0.846. The second kappa shape index (κ2) is 7.74. The van der Waals surface area contributed by atoms with Gasteiger partial charge in [-0.05, 0) is 49.2 Å². The molecule has 0 saturated carbocycles. The highest BCUT2D eigenvalue weighted by Gasteiger charge is 2.16. The Labute approximate surface area is 125 Å². The zero-order valence-electron chi connectivity index (χ0n) is 12.5. The van der Waals surface area contributed by atoms with Crippen LogP contribution in [0, 0.1) is 5.82 Å². The number of rotatable bonds is 7. The Bertz CT molecular complexity index is 560. The van der Waals surface area contributed by atoms with E-state index in [4.69, 9.17) is 4.74 Å². The third-order valence-electron chi connectivity index (χ3n) is 3.46. The minimum atomic E-state index is -0.241. The van der Waals surface area contributed by atoms with Gasteiger partial charge < -0.3 is 10.1 Å². The monoisotopic (exact) mass is 288 g/mol. The van der Waals surface area contributed by atoms with Crippen molar-refractivity contribution in [1.29, 1.82) is 0 Å². The Balaban J connectivity index is 2.16. The van der Waals surface area contributed by atoms with Crippen molar-refractivity contribution in [2.45, 2.75) is 25.8 Å². The van der Waals surface area contributed by atoms with Crippen LogP contribution in [-0.2, 0) is 6.42 Å². The summed E-state index contributed by atoms with van der Waals surface area (Å²) in [4.78, 5) is 4.12. The summed E-state index contributed by atoms with van der Waals surface area (Å²) in [5.74, 6) is 0.476. The highest BCUT2D eigenvalue weighted by atomic mass is 19.1. The largest absolute Gasteiger partial charge is 0.496 e. The molecule has 1 N–H and O–H groups in total. The minimum Gasteiger partial charge on any atom is -0.496 e. The lowest BCUT2D eigenvalue weighted by molar-refractivity contribution is 0.394. The number of aromatic nitrogens is 1. The minimum absolute atomic E-state index is 0.0563. The van der Waals surface area contributed by atoms with Crippen molar-refractivity contribution < 1.29 is 9.13 Å². The predicted molar refractivity (Wildman–Crippen MR) is 81.9 cm³/mol. The van der Waals surface area contributed by atoms with Crippen molar-refractivity contribution in [2.75, 3.05) is 13.7 Å². The maximum Gasteiger partial charge on any atom is 0.123 e. The van der Waals surface area contributed by atoms with Gasteiger partial charge in [-0.1, -0.05) is 13.0 Å². The summed E-state index contributed by atoms with van der Waals surface area (Å²) in [5, 5.41) is 3.40. The molecule has 0 amide bonds. The average molecular weight is 288 g/mol. The second-order valence-electron chi connectivity index (χ2n) is 4.90. The summed E-state index contributed by atoms with van der Waals surface area (Å²) >= 11 is 0. The predicted octanol–water partition coefficient (Wildman–Crippen LogP) is 3.51. The number of methoxy groups -OCH3 is 1. The van der Waals surface area contributed by atoms with Gasteiger partial charge in [-0.15, -0.1) is 0 Å². The zero-order valence-corrected chi connectivity index (χ0v) is 12.5. The van der Waals surface area contributed by atoms with Gasteiger partial charge >= 0.3 is 0 Å². The smallest absolute Gasteiger partial charge is 0.123 e. The van der Waals surface area contributed by atoms with Crippen molar-refractivity contribution in [1.82, 2.24) is 10.3 Å². The number of aryl methyl sites for hydroxylation is 1. The van der Waals surface area contributed by atoms with Crippen LogP contribution in [0.4, 0.5) is 4.39 Å². The van der Waals surface area contributed by atoms with E-state index in [0.29, 0.717) is 5.75 Å². The number of hydrogen-bond donors (Lipinski definition) is 1. The molecular weight excluding hydrogens is 267 g/mol. The van der Waals surface area contributed by atoms with Crippen LogP contribution in [-0.4, -0.2) is 18.6 Å². The van der Waals surface area contributed by atoms with Crippen molar-refractivity contribution >= 4 is 0 Å². The topological polar surface area (TPSA) is 34.2 Å². The molecule has 21 heavy (non-hydrogen) atoms. The van der Waals surface area contributed by atoms with E-state index in [1.54, 1.807) is 25.4 Å². The molecule has 0 saturated heterocycles. The van der Waals surface area contributed by atoms with Crippen LogP contribution in [0.5, 0.6) is 5.75 Å². The lowest BCUT2D eigenvalue weighted by Gasteiger charge is -2.21. The number of hydrogen-bond acceptors (Lipinski definition) is 3. The maximum atomic E-state index is 13.6. The molecule has 1 aromatic heterocycles. The summed E-state index contributed by atoms with van der Waals surface area (Å²) in [6, 6.07) is 8.70. The third kappa shape index (κ3) is 4.26. The van der Waals surface area contributed by atoms with Gasteiger partial charge in [0.05, 0.1) is 7.11 Å². The fraction of sp³-hybridized carbons (Fsp3) is 0.353. The van der Waals surface area contributed by atoms with Crippen LogP contribution in [0.2, 0.25) is 0 Å². The lowest BCUT2D eigenvalue weighted by Crippen LogP contribution is -2.22. The van der Waals surface area contributed by atoms with E-state index in [1.807, 2.05) is 19.2 Å². The first kappa shape index (κ1) is 15.4. The van der Waals surface area contributed by atoms with Gasteiger partial charge in [0.1, 0.15) is 11.6 Å². The van der Waals surface area contributed by atoms with Gasteiger partial charge in [0.15, 0.2) is 0 Å². The first-order chi connectivity index (χ1) is 10.2. The molecule has 0 fully saturated rings. The Hall–Kier alpha value is -1.94. The number of ether oxygens (including phenoxy) is 1. The second-order valence-corrected chi connectivity index (χ2v) is 4.90. The van der Waals surface area contributed by atoms with E-state index in [1.165, 1.54) is 11.6 Å². The van der Waals surface area contributed by atoms with E-state index in [0.717, 1.165) is 24.9 Å². The normalized spacial score (nSPS) is 12.1. The van der Waals surface area contributed by atoms with Gasteiger partial charge in [-0.2, -0.15) is 0 Å². The summed E-state index contributed by atoms with van der Waals surface area (Å²) in [5.41, 5.74) is 2.04. The first-order valence-corrected chi connectivity index (χ1v) is 7.20. The number of nitrogens with one attached hydrogen (secondary N) is 1. The van der Waals surface area contributed by atoms with Crippen molar-refractivity contribution in [3.05, 3.63) is 59.7 Å². The SMILES string of the molecule is CCNC(CCc1cccnc1)c1cc(F)ccc1OC. The summed E-state index contributed by atoms with van der Waals surface area (Å²) in [6.07, 6.45) is 5.37. The molecular formula is C17H21FN2O. The van der Waals surface area contributed by atoms with E-state index in [-0.39, 0.29) is 11.9 Å². The summed E-state index contributed by atoms with van der Waals surface area (Å²) in [7, 11) is 1.61. The molecule has 0 bridgehead atoms. The number of pyridine rings is 1. The van der Waals surface area contributed by atoms with Gasteiger partial charge in [0.2, 0.25) is 0 Å². The molecule has 0 spiro atoms. The fourth-order valence-corrected chi connectivity index (χ4v) is 2.45. The van der Waals surface area contributed by atoms with Gasteiger partial charge in [-0.3, -0.25) is 4.98 Å². The summed E-state index contributed by atoms with van der Waals surface area (Å²) < 4.78 is 18.9. The molecule has 0 aliphatic heterocycles. The third-order valence-corrected chi connectivity index (χ3v) is 3.46. The summed E-state index contributed by atoms with van der Waals surface area (Å²) in [6.45, 7) is 2.86. The van der Waals surface area contributed by atoms with Crippen LogP contribution in [0.15, 0.2) is 42.7 Å². The molecule has 2 aromatic rings. The Morgan fingerprint density at radius 3 is 2.86 bits per heavy atom. The molecule has 1 heterocycles. The number of nitrogens with zero attached hydrogens (tertiary/aromatic N) is 1. The fourth-order valence-electron chi connectivity index (χ4n) is 2.45. The van der Waals surface area contributed by atoms with Crippen LogP contribution in [0.25, 0.3) is 0 Å². The van der Waals surface area contributed by atoms with E-state index in [2.05, 4.69) is 16.4 Å². The molecule has 0 aliphatic carbocycles. The van der Waals surface area contributed by atoms with E-state index >= 15 is 0 Å². The van der Waals surface area contributed by atoms with Crippen LogP contribution in [0.3, 0.4) is 0 Å². The standard InChI is InChI=1S/C17H21FN2O/c1-3-20-16(8-6-13-5-4-10-19-12-13)15-11-14(18)7-9-17(15)21-2/h4-5,7,9-12,16,20H,3,6,8H2,1-2H3. The molecule has 0 radical (unpaired) electrons. The molecule has 1 atom stereocenters. The maximum absolute atomic E-state index is 13.6. The lowest BCUT2D eigenvalue weighted by atomic mass is 9.98. The first-order valence-electron chi connectivity index (χ1n) is 7.20. The Morgan fingerprint density at radius 2 is 2.19 bits per heavy atom. The van der Waals surface area contributed by atoms with Crippen LogP contribution >= 0.6 is 0 Å². The van der Waals surface area contributed by atoms with Crippen molar-refractivity contribution in [3.8, 4) is 5.75 Å². The number of halogens is 1. The molecule has 0 aliphatic rings. The van der Waals surface area contributed by atoms with Crippen LogP contribution in [0.1, 0.15) is 30.5 Å². The van der Waals surface area contributed by atoms with Crippen molar-refractivity contribution in [2.24, 2.45) is 0 Å². The average Bonchev–Trinajstić information content (AvgIpc) is 2.52. The van der Waals surface area contributed by atoms with E-state index < -0.39 is 0 Å². The van der Waals surface area contributed by atoms with Crippen molar-refractivity contribution in [3.63, 3.8) is 0 Å². The highest BCUT2D eigenvalue weighted by molar-refractivity contribution is 5.36. The number of benzene rings is 1. The Morgan fingerprint density at radius 1 is 1.33 bits per heavy atom. The van der Waals surface area contributed by atoms with Crippen LogP contribution < -0.4 is 10.1 Å². The molecule has 1 aromatic carbocycles. The highest BCUT2D eigenvalue weighted by Crippen LogP contribution is 2.29. The van der Waals surface area contributed by atoms with Gasteiger partial charge in [0, 0.05) is 24.0 Å². The van der Waals surface area contributed by atoms with Gasteiger partial charge in [-0.25, -0.2) is 4.39 Å². The molecule has 1 unspecified atom stereocenters. The van der Waals surface area contributed by atoms with Gasteiger partial charge in [0.25, 0.3) is 0 Å². The Kier molecular flexibility index (Phi) is 5.69. The zero-order chi connectivity index (χ0) is 15.1. The molecule has 4 heteroatoms. The van der Waals surface area contributed by atoms with E-state index in [9.17, 15) is 4.39 Å².